The van der Waals surface area contributed by atoms with Crippen molar-refractivity contribution < 1.29 is 4.79 Å². The molecule has 0 fully saturated rings. The minimum absolute atomic E-state index is 0.110. The van der Waals surface area contributed by atoms with Gasteiger partial charge in [0.15, 0.2) is 5.78 Å². The summed E-state index contributed by atoms with van der Waals surface area (Å²) < 4.78 is 2.86. The Labute approximate surface area is 121 Å². The van der Waals surface area contributed by atoms with E-state index in [0.717, 1.165) is 21.3 Å². The predicted molar refractivity (Wildman–Crippen MR) is 79.5 cm³/mol. The van der Waals surface area contributed by atoms with E-state index in [1.807, 2.05) is 42.1 Å². The van der Waals surface area contributed by atoms with Crippen molar-refractivity contribution in [1.29, 1.82) is 0 Å². The van der Waals surface area contributed by atoms with Gasteiger partial charge in [0.2, 0.25) is 0 Å². The van der Waals surface area contributed by atoms with E-state index in [-0.39, 0.29) is 5.78 Å². The van der Waals surface area contributed by atoms with Crippen molar-refractivity contribution in [2.45, 2.75) is 33.2 Å². The zero-order valence-electron chi connectivity index (χ0n) is 11.4. The molecule has 0 unspecified atom stereocenters. The summed E-state index contributed by atoms with van der Waals surface area (Å²) >= 11 is 3.40. The fourth-order valence-corrected chi connectivity index (χ4v) is 2.43. The van der Waals surface area contributed by atoms with Crippen LogP contribution >= 0.6 is 15.9 Å². The van der Waals surface area contributed by atoms with Crippen molar-refractivity contribution >= 4 is 21.7 Å². The van der Waals surface area contributed by atoms with Crippen molar-refractivity contribution in [2.75, 3.05) is 0 Å². The second kappa shape index (κ2) is 5.70. The van der Waals surface area contributed by atoms with E-state index in [0.29, 0.717) is 12.5 Å². The molecule has 19 heavy (non-hydrogen) atoms. The average molecular weight is 321 g/mol. The summed E-state index contributed by atoms with van der Waals surface area (Å²) in [6.45, 7) is 6.08. The first kappa shape index (κ1) is 14.0. The Morgan fingerprint density at radius 2 is 2.11 bits per heavy atom. The minimum Gasteiger partial charge on any atom is -0.294 e. The van der Waals surface area contributed by atoms with E-state index >= 15 is 0 Å². The lowest BCUT2D eigenvalue weighted by molar-refractivity contribution is 0.0991. The molecule has 1 heterocycles. The molecular formula is C15H17BrN2O. The maximum atomic E-state index is 12.3. The summed E-state index contributed by atoms with van der Waals surface area (Å²) in [6.07, 6.45) is 2.27. The van der Waals surface area contributed by atoms with Crippen LogP contribution in [0.5, 0.6) is 0 Å². The van der Waals surface area contributed by atoms with E-state index in [4.69, 9.17) is 0 Å². The number of rotatable bonds is 4. The van der Waals surface area contributed by atoms with Crippen LogP contribution in [0.2, 0.25) is 0 Å². The number of carbonyl (C=O) groups is 1. The maximum Gasteiger partial charge on any atom is 0.169 e. The molecule has 2 aromatic rings. The molecule has 0 aliphatic carbocycles. The Hall–Kier alpha value is -1.42. The third kappa shape index (κ3) is 3.32. The highest BCUT2D eigenvalue weighted by Gasteiger charge is 2.12. The van der Waals surface area contributed by atoms with E-state index in [2.05, 4.69) is 34.9 Å². The number of halogens is 1. The van der Waals surface area contributed by atoms with Crippen LogP contribution in [-0.4, -0.2) is 15.6 Å². The highest BCUT2D eigenvalue weighted by Crippen LogP contribution is 2.17. The number of nitrogens with zero attached hydrogens (tertiary/aromatic N) is 2. The molecule has 1 aromatic carbocycles. The van der Waals surface area contributed by atoms with Gasteiger partial charge in [-0.25, -0.2) is 0 Å². The second-order valence-electron chi connectivity index (χ2n) is 4.94. The summed E-state index contributed by atoms with van der Waals surface area (Å²) in [4.78, 5) is 12.3. The molecule has 0 spiro atoms. The molecule has 4 heteroatoms. The van der Waals surface area contributed by atoms with Gasteiger partial charge in [0.05, 0.1) is 12.1 Å². The first-order valence-corrected chi connectivity index (χ1v) is 7.10. The first-order chi connectivity index (χ1) is 8.97. The standard InChI is InChI=1S/C15H17BrN2O/c1-10(2)18-7-6-13(17-18)9-15(19)14-5-4-12(16)8-11(14)3/h4-8,10H,9H2,1-3H3. The molecule has 100 valence electrons. The van der Waals surface area contributed by atoms with Crippen molar-refractivity contribution in [3.63, 3.8) is 0 Å². The SMILES string of the molecule is Cc1cc(Br)ccc1C(=O)Cc1ccn(C(C)C)n1. The average Bonchev–Trinajstić information content (AvgIpc) is 2.77. The normalized spacial score (nSPS) is 11.0. The van der Waals surface area contributed by atoms with Gasteiger partial charge in [-0.1, -0.05) is 22.0 Å². The molecule has 0 atom stereocenters. The van der Waals surface area contributed by atoms with Gasteiger partial charge in [0.25, 0.3) is 0 Å². The molecule has 0 amide bonds. The van der Waals surface area contributed by atoms with Crippen molar-refractivity contribution in [3.05, 3.63) is 51.8 Å². The number of hydrogen-bond donors (Lipinski definition) is 0. The summed E-state index contributed by atoms with van der Waals surface area (Å²) in [7, 11) is 0. The molecule has 0 saturated carbocycles. The molecule has 0 aliphatic heterocycles. The molecule has 3 nitrogen and oxygen atoms in total. The van der Waals surface area contributed by atoms with Gasteiger partial charge in [-0.2, -0.15) is 5.10 Å². The minimum atomic E-state index is 0.110. The number of ketones is 1. The summed E-state index contributed by atoms with van der Waals surface area (Å²) in [6, 6.07) is 7.94. The Bertz CT molecular complexity index is 602. The van der Waals surface area contributed by atoms with Crippen LogP contribution in [0.4, 0.5) is 0 Å². The lowest BCUT2D eigenvalue weighted by Crippen LogP contribution is -2.08. The number of aromatic nitrogens is 2. The lowest BCUT2D eigenvalue weighted by atomic mass is 10.0. The van der Waals surface area contributed by atoms with E-state index in [1.165, 1.54) is 0 Å². The number of Topliss-reactive ketones (excluding diaryl/α,β-unsaturated/α-hetero) is 1. The molecule has 0 radical (unpaired) electrons. The second-order valence-corrected chi connectivity index (χ2v) is 5.86. The van der Waals surface area contributed by atoms with Gasteiger partial charge < -0.3 is 0 Å². The summed E-state index contributed by atoms with van der Waals surface area (Å²) in [5.41, 5.74) is 2.57. The zero-order chi connectivity index (χ0) is 14.0. The lowest BCUT2D eigenvalue weighted by Gasteiger charge is -2.05. The van der Waals surface area contributed by atoms with Crippen molar-refractivity contribution in [2.24, 2.45) is 0 Å². The number of aryl methyl sites for hydroxylation is 1. The summed E-state index contributed by atoms with van der Waals surface area (Å²) in [5.74, 6) is 0.110. The van der Waals surface area contributed by atoms with E-state index in [9.17, 15) is 4.79 Å². The Morgan fingerprint density at radius 1 is 1.37 bits per heavy atom. The first-order valence-electron chi connectivity index (χ1n) is 6.30. The molecular weight excluding hydrogens is 304 g/mol. The van der Waals surface area contributed by atoms with Gasteiger partial charge >= 0.3 is 0 Å². The van der Waals surface area contributed by atoms with Crippen LogP contribution in [0, 0.1) is 6.92 Å². The highest BCUT2D eigenvalue weighted by molar-refractivity contribution is 9.10. The third-order valence-electron chi connectivity index (χ3n) is 3.02. The van der Waals surface area contributed by atoms with Crippen LogP contribution in [0.3, 0.4) is 0 Å². The zero-order valence-corrected chi connectivity index (χ0v) is 12.9. The number of hydrogen-bond acceptors (Lipinski definition) is 2. The van der Waals surface area contributed by atoms with Gasteiger partial charge in [0, 0.05) is 22.3 Å². The molecule has 1 aromatic heterocycles. The van der Waals surface area contributed by atoms with Crippen LogP contribution in [0.15, 0.2) is 34.9 Å². The summed E-state index contributed by atoms with van der Waals surface area (Å²) in [5, 5.41) is 4.41. The molecule has 0 saturated heterocycles. The molecule has 2 rings (SSSR count). The smallest absolute Gasteiger partial charge is 0.169 e. The highest BCUT2D eigenvalue weighted by atomic mass is 79.9. The van der Waals surface area contributed by atoms with Crippen molar-refractivity contribution in [1.82, 2.24) is 9.78 Å². The quantitative estimate of drug-likeness (QED) is 0.799. The van der Waals surface area contributed by atoms with Crippen LogP contribution < -0.4 is 0 Å². The third-order valence-corrected chi connectivity index (χ3v) is 3.52. The van der Waals surface area contributed by atoms with Gasteiger partial charge in [0.1, 0.15) is 0 Å². The number of benzene rings is 1. The topological polar surface area (TPSA) is 34.9 Å². The Balaban J connectivity index is 2.16. The molecule has 0 bridgehead atoms. The van der Waals surface area contributed by atoms with Crippen LogP contribution in [0.1, 0.15) is 41.5 Å². The predicted octanol–water partition coefficient (Wildman–Crippen LogP) is 3.96. The van der Waals surface area contributed by atoms with Gasteiger partial charge in [-0.15, -0.1) is 0 Å². The number of carbonyl (C=O) groups excluding carboxylic acids is 1. The van der Waals surface area contributed by atoms with E-state index < -0.39 is 0 Å². The molecule has 0 N–H and O–H groups in total. The Morgan fingerprint density at radius 3 is 2.68 bits per heavy atom. The largest absolute Gasteiger partial charge is 0.294 e. The van der Waals surface area contributed by atoms with E-state index in [1.54, 1.807) is 0 Å². The van der Waals surface area contributed by atoms with Gasteiger partial charge in [-0.3, -0.25) is 9.48 Å². The monoisotopic (exact) mass is 320 g/mol. The van der Waals surface area contributed by atoms with Crippen molar-refractivity contribution in [3.8, 4) is 0 Å². The maximum absolute atomic E-state index is 12.3. The van der Waals surface area contributed by atoms with Gasteiger partial charge in [-0.05, 0) is 44.5 Å². The van der Waals surface area contributed by atoms with Crippen LogP contribution in [-0.2, 0) is 6.42 Å². The van der Waals surface area contributed by atoms with Crippen LogP contribution in [0.25, 0.3) is 0 Å². The fourth-order valence-electron chi connectivity index (χ4n) is 1.96. The molecule has 0 aliphatic rings. The Kier molecular flexibility index (Phi) is 4.20. The fraction of sp³-hybridized carbons (Fsp3) is 0.333.